The van der Waals surface area contributed by atoms with Crippen LogP contribution in [0, 0.1) is 0 Å². The Balaban J connectivity index is 3.24. The Morgan fingerprint density at radius 1 is 0.842 bits per heavy atom. The number of carbonyl (C=O) groups excluding carboxylic acids is 1. The van der Waals surface area contributed by atoms with Crippen LogP contribution in [0.3, 0.4) is 0 Å². The highest BCUT2D eigenvalue weighted by Gasteiger charge is 2.01. The second-order valence-electron chi connectivity index (χ2n) is 4.72. The van der Waals surface area contributed by atoms with E-state index in [0.717, 1.165) is 32.1 Å². The highest BCUT2D eigenvalue weighted by atomic mass is 16.5. The van der Waals surface area contributed by atoms with Gasteiger partial charge in [-0.2, -0.15) is 0 Å². The molecule has 0 rings (SSSR count). The van der Waals surface area contributed by atoms with Crippen LogP contribution in [0.2, 0.25) is 0 Å². The summed E-state index contributed by atoms with van der Waals surface area (Å²) >= 11 is 0. The number of hydrogen-bond acceptors (Lipinski definition) is 2. The normalized spacial score (nSPS) is 11.5. The largest absolute Gasteiger partial charge is 0.465 e. The zero-order chi connectivity index (χ0) is 14.2. The molecule has 110 valence electrons. The molecule has 0 aromatic rings. The zero-order valence-corrected chi connectivity index (χ0v) is 12.7. The molecule has 19 heavy (non-hydrogen) atoms. The van der Waals surface area contributed by atoms with Gasteiger partial charge in [-0.05, 0) is 38.5 Å². The maximum absolute atomic E-state index is 11.4. The van der Waals surface area contributed by atoms with Gasteiger partial charge in [0.1, 0.15) is 0 Å². The summed E-state index contributed by atoms with van der Waals surface area (Å²) in [5, 5.41) is 0. The van der Waals surface area contributed by atoms with E-state index in [0.29, 0.717) is 13.0 Å². The van der Waals surface area contributed by atoms with E-state index in [1.54, 1.807) is 0 Å². The molecule has 0 aliphatic rings. The van der Waals surface area contributed by atoms with E-state index in [2.05, 4.69) is 38.2 Å². The van der Waals surface area contributed by atoms with Crippen molar-refractivity contribution in [2.24, 2.45) is 0 Å². The van der Waals surface area contributed by atoms with Gasteiger partial charge in [-0.25, -0.2) is 0 Å². The Kier molecular flexibility index (Phi) is 14.2. The van der Waals surface area contributed by atoms with Gasteiger partial charge in [0.2, 0.25) is 0 Å². The molecule has 0 heterocycles. The molecule has 0 aromatic carbocycles. The molecule has 0 unspecified atom stereocenters. The molecule has 0 fully saturated rings. The summed E-state index contributed by atoms with van der Waals surface area (Å²) in [4.78, 5) is 11.4. The number of hydrogen-bond donors (Lipinski definition) is 0. The molecule has 0 bridgehead atoms. The SMILES string of the molecule is CC/C=C/CCCCCCC(=O)OCC/C=C/CC. The molecular weight excluding hydrogens is 236 g/mol. The topological polar surface area (TPSA) is 26.3 Å². The zero-order valence-electron chi connectivity index (χ0n) is 12.7. The lowest BCUT2D eigenvalue weighted by atomic mass is 10.1. The van der Waals surface area contributed by atoms with E-state index >= 15 is 0 Å². The van der Waals surface area contributed by atoms with Crippen molar-refractivity contribution in [2.45, 2.75) is 71.6 Å². The van der Waals surface area contributed by atoms with Crippen LogP contribution in [0.5, 0.6) is 0 Å². The molecule has 0 aliphatic carbocycles. The van der Waals surface area contributed by atoms with E-state index in [-0.39, 0.29) is 5.97 Å². The molecule has 0 saturated carbocycles. The molecule has 0 spiro atoms. The minimum atomic E-state index is -0.0456. The minimum Gasteiger partial charge on any atom is -0.465 e. The summed E-state index contributed by atoms with van der Waals surface area (Å²) in [6, 6.07) is 0. The highest BCUT2D eigenvalue weighted by Crippen LogP contribution is 2.07. The fraction of sp³-hybridized carbons (Fsp3) is 0.706. The third-order valence-corrected chi connectivity index (χ3v) is 2.85. The summed E-state index contributed by atoms with van der Waals surface area (Å²) in [6.45, 7) is 4.78. The van der Waals surface area contributed by atoms with Crippen molar-refractivity contribution in [1.82, 2.24) is 0 Å². The minimum absolute atomic E-state index is 0.0456. The van der Waals surface area contributed by atoms with Crippen molar-refractivity contribution < 1.29 is 9.53 Å². The van der Waals surface area contributed by atoms with Gasteiger partial charge in [-0.15, -0.1) is 0 Å². The smallest absolute Gasteiger partial charge is 0.305 e. The highest BCUT2D eigenvalue weighted by molar-refractivity contribution is 5.69. The Morgan fingerprint density at radius 3 is 2.16 bits per heavy atom. The average molecular weight is 266 g/mol. The third-order valence-electron chi connectivity index (χ3n) is 2.85. The quantitative estimate of drug-likeness (QED) is 0.276. The van der Waals surface area contributed by atoms with Crippen LogP contribution in [-0.2, 0) is 9.53 Å². The molecule has 2 nitrogen and oxygen atoms in total. The van der Waals surface area contributed by atoms with Crippen LogP contribution < -0.4 is 0 Å². The Hall–Kier alpha value is -1.05. The summed E-state index contributed by atoms with van der Waals surface area (Å²) in [7, 11) is 0. The van der Waals surface area contributed by atoms with Gasteiger partial charge in [0.05, 0.1) is 6.61 Å². The molecule has 2 heteroatoms. The summed E-state index contributed by atoms with van der Waals surface area (Å²) in [5.41, 5.74) is 0. The molecule has 0 saturated heterocycles. The molecule has 0 amide bonds. The Morgan fingerprint density at radius 2 is 1.47 bits per heavy atom. The predicted octanol–water partition coefficient (Wildman–Crippen LogP) is 5.19. The Bertz CT molecular complexity index is 254. The lowest BCUT2D eigenvalue weighted by Crippen LogP contribution is -2.04. The fourth-order valence-corrected chi connectivity index (χ4v) is 1.77. The number of ether oxygens (including phenoxy) is 1. The molecule has 0 atom stereocenters. The fourth-order valence-electron chi connectivity index (χ4n) is 1.77. The van der Waals surface area contributed by atoms with Crippen LogP contribution in [0.15, 0.2) is 24.3 Å². The van der Waals surface area contributed by atoms with Gasteiger partial charge in [-0.1, -0.05) is 51.0 Å². The van der Waals surface area contributed by atoms with Crippen LogP contribution in [0.4, 0.5) is 0 Å². The molecule has 0 aliphatic heterocycles. The van der Waals surface area contributed by atoms with Crippen LogP contribution >= 0.6 is 0 Å². The third kappa shape index (κ3) is 14.9. The van der Waals surface area contributed by atoms with Crippen molar-refractivity contribution in [3.63, 3.8) is 0 Å². The van der Waals surface area contributed by atoms with E-state index in [4.69, 9.17) is 4.74 Å². The van der Waals surface area contributed by atoms with Gasteiger partial charge >= 0.3 is 5.97 Å². The molecule has 0 radical (unpaired) electrons. The van der Waals surface area contributed by atoms with Crippen LogP contribution in [0.1, 0.15) is 71.6 Å². The summed E-state index contributed by atoms with van der Waals surface area (Å²) in [5.74, 6) is -0.0456. The summed E-state index contributed by atoms with van der Waals surface area (Å²) in [6.07, 6.45) is 17.9. The average Bonchev–Trinajstić information content (AvgIpc) is 2.41. The van der Waals surface area contributed by atoms with Gasteiger partial charge in [0.15, 0.2) is 0 Å². The first kappa shape index (κ1) is 17.9. The standard InChI is InChI=1S/C17H30O2/c1-3-5-7-9-10-11-12-13-15-17(18)19-16-14-8-6-4-2/h5-8H,3-4,9-16H2,1-2H3/b7-5+,8-6+. The Labute approximate surface area is 118 Å². The predicted molar refractivity (Wildman–Crippen MR) is 82.1 cm³/mol. The number of allylic oxidation sites excluding steroid dienone is 3. The van der Waals surface area contributed by atoms with Crippen molar-refractivity contribution in [1.29, 1.82) is 0 Å². The van der Waals surface area contributed by atoms with E-state index in [1.807, 2.05) is 0 Å². The van der Waals surface area contributed by atoms with Crippen LogP contribution in [0.25, 0.3) is 0 Å². The number of rotatable bonds is 12. The first-order chi connectivity index (χ1) is 9.31. The van der Waals surface area contributed by atoms with Crippen molar-refractivity contribution in [2.75, 3.05) is 6.61 Å². The molecular formula is C17H30O2. The second kappa shape index (κ2) is 15.0. The van der Waals surface area contributed by atoms with Crippen molar-refractivity contribution >= 4 is 5.97 Å². The van der Waals surface area contributed by atoms with Crippen molar-refractivity contribution in [3.05, 3.63) is 24.3 Å². The first-order valence-corrected chi connectivity index (χ1v) is 7.76. The summed E-state index contributed by atoms with van der Waals surface area (Å²) < 4.78 is 5.15. The number of carbonyl (C=O) groups is 1. The monoisotopic (exact) mass is 266 g/mol. The van der Waals surface area contributed by atoms with E-state index in [9.17, 15) is 4.79 Å². The van der Waals surface area contributed by atoms with Gasteiger partial charge in [-0.3, -0.25) is 4.79 Å². The molecule has 0 aromatic heterocycles. The number of unbranched alkanes of at least 4 members (excludes halogenated alkanes) is 4. The lowest BCUT2D eigenvalue weighted by Gasteiger charge is -2.03. The maximum Gasteiger partial charge on any atom is 0.305 e. The molecule has 0 N–H and O–H groups in total. The second-order valence-corrected chi connectivity index (χ2v) is 4.72. The van der Waals surface area contributed by atoms with Crippen molar-refractivity contribution in [3.8, 4) is 0 Å². The van der Waals surface area contributed by atoms with Crippen LogP contribution in [-0.4, -0.2) is 12.6 Å². The van der Waals surface area contributed by atoms with Gasteiger partial charge in [0, 0.05) is 6.42 Å². The van der Waals surface area contributed by atoms with Gasteiger partial charge < -0.3 is 4.74 Å². The van der Waals surface area contributed by atoms with E-state index < -0.39 is 0 Å². The first-order valence-electron chi connectivity index (χ1n) is 7.76. The number of esters is 1. The van der Waals surface area contributed by atoms with E-state index in [1.165, 1.54) is 19.3 Å². The maximum atomic E-state index is 11.4. The lowest BCUT2D eigenvalue weighted by molar-refractivity contribution is -0.143. The van der Waals surface area contributed by atoms with Gasteiger partial charge in [0.25, 0.3) is 0 Å².